The first-order valence-electron chi connectivity index (χ1n) is 5.02. The lowest BCUT2D eigenvalue weighted by Gasteiger charge is -2.19. The lowest BCUT2D eigenvalue weighted by molar-refractivity contribution is -0.137. The van der Waals surface area contributed by atoms with E-state index in [1.807, 2.05) is 0 Å². The number of rotatable bonds is 5. The van der Waals surface area contributed by atoms with Gasteiger partial charge in [0, 0.05) is 11.0 Å². The van der Waals surface area contributed by atoms with Gasteiger partial charge in [-0.15, -0.1) is 6.58 Å². The minimum Gasteiger partial charge on any atom is -0.480 e. The van der Waals surface area contributed by atoms with Crippen LogP contribution in [0, 0.1) is 0 Å². The Bertz CT molecular complexity index is 490. The lowest BCUT2D eigenvalue weighted by atomic mass is 10.2. The molecule has 0 aliphatic rings. The van der Waals surface area contributed by atoms with Gasteiger partial charge in [-0.25, -0.2) is 0 Å². The van der Waals surface area contributed by atoms with E-state index in [-0.39, 0.29) is 17.1 Å². The highest BCUT2D eigenvalue weighted by Gasteiger charge is 2.19. The van der Waals surface area contributed by atoms with Crippen molar-refractivity contribution in [3.05, 3.63) is 45.9 Å². The Morgan fingerprint density at radius 1 is 1.50 bits per heavy atom. The van der Waals surface area contributed by atoms with E-state index in [1.165, 1.54) is 6.08 Å². The fourth-order valence-corrected chi connectivity index (χ4v) is 1.93. The SMILES string of the molecule is C=CCN(CC(=O)O)C(=O)c1cc(Br)ccc1Cl. The Labute approximate surface area is 118 Å². The maximum absolute atomic E-state index is 12.2. The highest BCUT2D eigenvalue weighted by Crippen LogP contribution is 2.22. The number of hydrogen-bond donors (Lipinski definition) is 1. The molecule has 0 saturated carbocycles. The van der Waals surface area contributed by atoms with Gasteiger partial charge in [-0.2, -0.15) is 0 Å². The van der Waals surface area contributed by atoms with Gasteiger partial charge in [-0.1, -0.05) is 33.6 Å². The van der Waals surface area contributed by atoms with Crippen molar-refractivity contribution in [3.8, 4) is 0 Å². The molecule has 0 aromatic heterocycles. The number of amides is 1. The summed E-state index contributed by atoms with van der Waals surface area (Å²) in [5.74, 6) is -1.53. The van der Waals surface area contributed by atoms with Crippen molar-refractivity contribution in [3.63, 3.8) is 0 Å². The van der Waals surface area contributed by atoms with Gasteiger partial charge >= 0.3 is 5.97 Å². The number of halogens is 2. The van der Waals surface area contributed by atoms with Gasteiger partial charge in [-0.3, -0.25) is 9.59 Å². The molecule has 0 fully saturated rings. The summed E-state index contributed by atoms with van der Waals surface area (Å²) >= 11 is 9.17. The molecule has 18 heavy (non-hydrogen) atoms. The third-order valence-electron chi connectivity index (χ3n) is 2.12. The minimum atomic E-state index is -1.09. The zero-order valence-electron chi connectivity index (χ0n) is 9.40. The number of nitrogens with zero attached hydrogens (tertiary/aromatic N) is 1. The number of carboxylic acids is 1. The molecular weight excluding hydrogens is 321 g/mol. The molecule has 1 amide bonds. The van der Waals surface area contributed by atoms with Gasteiger partial charge < -0.3 is 10.0 Å². The summed E-state index contributed by atoms with van der Waals surface area (Å²) in [5.41, 5.74) is 0.258. The lowest BCUT2D eigenvalue weighted by Crippen LogP contribution is -2.35. The van der Waals surface area contributed by atoms with E-state index >= 15 is 0 Å². The van der Waals surface area contributed by atoms with Crippen LogP contribution in [0.4, 0.5) is 0 Å². The molecule has 1 aromatic carbocycles. The van der Waals surface area contributed by atoms with E-state index in [4.69, 9.17) is 16.7 Å². The molecule has 0 saturated heterocycles. The average Bonchev–Trinajstić information content (AvgIpc) is 2.30. The number of carbonyl (C=O) groups is 2. The van der Waals surface area contributed by atoms with Gasteiger partial charge in [0.15, 0.2) is 0 Å². The molecular formula is C12H11BrClNO3. The Hall–Kier alpha value is -1.33. The fourth-order valence-electron chi connectivity index (χ4n) is 1.37. The molecule has 1 N–H and O–H groups in total. The summed E-state index contributed by atoms with van der Waals surface area (Å²) in [6, 6.07) is 4.84. The standard InChI is InChI=1S/C12H11BrClNO3/c1-2-5-15(7-11(16)17)12(18)9-6-8(13)3-4-10(9)14/h2-4,6H,1,5,7H2,(H,16,17). The first kappa shape index (κ1) is 14.7. The van der Waals surface area contributed by atoms with Crippen LogP contribution in [0.1, 0.15) is 10.4 Å². The monoisotopic (exact) mass is 331 g/mol. The zero-order chi connectivity index (χ0) is 13.7. The van der Waals surface area contributed by atoms with Crippen molar-refractivity contribution in [1.82, 2.24) is 4.90 Å². The molecule has 1 aromatic rings. The highest BCUT2D eigenvalue weighted by atomic mass is 79.9. The topological polar surface area (TPSA) is 57.6 Å². The third kappa shape index (κ3) is 3.85. The Balaban J connectivity index is 3.04. The number of carbonyl (C=O) groups excluding carboxylic acids is 1. The van der Waals surface area contributed by atoms with E-state index in [2.05, 4.69) is 22.5 Å². The van der Waals surface area contributed by atoms with E-state index in [9.17, 15) is 9.59 Å². The van der Waals surface area contributed by atoms with E-state index in [0.717, 1.165) is 4.90 Å². The predicted molar refractivity (Wildman–Crippen MR) is 72.9 cm³/mol. The Morgan fingerprint density at radius 3 is 2.72 bits per heavy atom. The van der Waals surface area contributed by atoms with Crippen LogP contribution in [0.2, 0.25) is 5.02 Å². The predicted octanol–water partition coefficient (Wildman–Crippen LogP) is 2.82. The molecule has 0 spiro atoms. The van der Waals surface area contributed by atoms with Crippen molar-refractivity contribution >= 4 is 39.4 Å². The normalized spacial score (nSPS) is 9.89. The molecule has 96 valence electrons. The van der Waals surface area contributed by atoms with Gasteiger partial charge in [-0.05, 0) is 18.2 Å². The molecule has 0 radical (unpaired) electrons. The molecule has 0 heterocycles. The van der Waals surface area contributed by atoms with Crippen LogP contribution in [0.15, 0.2) is 35.3 Å². The van der Waals surface area contributed by atoms with Crippen LogP contribution in [0.5, 0.6) is 0 Å². The molecule has 6 heteroatoms. The van der Waals surface area contributed by atoms with Gasteiger partial charge in [0.25, 0.3) is 5.91 Å². The Morgan fingerprint density at radius 2 is 2.17 bits per heavy atom. The second-order valence-electron chi connectivity index (χ2n) is 3.49. The molecule has 0 aliphatic carbocycles. The molecule has 4 nitrogen and oxygen atoms in total. The van der Waals surface area contributed by atoms with Crippen LogP contribution in [0.25, 0.3) is 0 Å². The maximum Gasteiger partial charge on any atom is 0.323 e. The molecule has 0 bridgehead atoms. The fraction of sp³-hybridized carbons (Fsp3) is 0.167. The average molecular weight is 333 g/mol. The summed E-state index contributed by atoms with van der Waals surface area (Å²) in [6.45, 7) is 3.25. The highest BCUT2D eigenvalue weighted by molar-refractivity contribution is 9.10. The third-order valence-corrected chi connectivity index (χ3v) is 2.94. The first-order valence-corrected chi connectivity index (χ1v) is 6.19. The summed E-state index contributed by atoms with van der Waals surface area (Å²) in [4.78, 5) is 24.0. The van der Waals surface area contributed by atoms with E-state index < -0.39 is 18.4 Å². The zero-order valence-corrected chi connectivity index (χ0v) is 11.7. The molecule has 0 unspecified atom stereocenters. The second-order valence-corrected chi connectivity index (χ2v) is 4.82. The summed E-state index contributed by atoms with van der Waals surface area (Å²) in [7, 11) is 0. The number of benzene rings is 1. The second kappa shape index (κ2) is 6.56. The van der Waals surface area contributed by atoms with Crippen molar-refractivity contribution in [2.24, 2.45) is 0 Å². The van der Waals surface area contributed by atoms with Crippen molar-refractivity contribution in [2.75, 3.05) is 13.1 Å². The minimum absolute atomic E-state index is 0.147. The van der Waals surface area contributed by atoms with Crippen LogP contribution in [-0.2, 0) is 4.79 Å². The van der Waals surface area contributed by atoms with Crippen molar-refractivity contribution in [1.29, 1.82) is 0 Å². The first-order chi connectivity index (χ1) is 8.45. The van der Waals surface area contributed by atoms with Crippen LogP contribution >= 0.6 is 27.5 Å². The number of carboxylic acid groups (broad SMARTS) is 1. The summed E-state index contributed by atoms with van der Waals surface area (Å²) in [5, 5.41) is 9.04. The van der Waals surface area contributed by atoms with Crippen molar-refractivity contribution < 1.29 is 14.7 Å². The smallest absolute Gasteiger partial charge is 0.323 e. The summed E-state index contributed by atoms with van der Waals surface area (Å²) in [6.07, 6.45) is 1.47. The van der Waals surface area contributed by atoms with Gasteiger partial charge in [0.05, 0.1) is 10.6 Å². The maximum atomic E-state index is 12.2. The van der Waals surface area contributed by atoms with Crippen molar-refractivity contribution in [2.45, 2.75) is 0 Å². The van der Waals surface area contributed by atoms with Gasteiger partial charge in [0.2, 0.25) is 0 Å². The van der Waals surface area contributed by atoms with E-state index in [0.29, 0.717) is 4.47 Å². The molecule has 0 atom stereocenters. The Kier molecular flexibility index (Phi) is 5.37. The summed E-state index contributed by atoms with van der Waals surface area (Å²) < 4.78 is 0.698. The van der Waals surface area contributed by atoms with Gasteiger partial charge in [0.1, 0.15) is 6.54 Å². The number of aliphatic carboxylic acids is 1. The van der Waals surface area contributed by atoms with Crippen LogP contribution in [0.3, 0.4) is 0 Å². The van der Waals surface area contributed by atoms with E-state index in [1.54, 1.807) is 18.2 Å². The molecule has 1 rings (SSSR count). The molecule has 0 aliphatic heterocycles. The number of hydrogen-bond acceptors (Lipinski definition) is 2. The van der Waals surface area contributed by atoms with Crippen LogP contribution in [-0.4, -0.2) is 35.0 Å². The quantitative estimate of drug-likeness (QED) is 0.844. The van der Waals surface area contributed by atoms with Crippen LogP contribution < -0.4 is 0 Å². The largest absolute Gasteiger partial charge is 0.480 e.